The van der Waals surface area contributed by atoms with Crippen LogP contribution >= 0.6 is 0 Å². The molecule has 0 saturated heterocycles. The smallest absolute Gasteiger partial charge is 0.307 e. The van der Waals surface area contributed by atoms with E-state index in [1.54, 1.807) is 13.8 Å². The molecule has 0 spiro atoms. The fourth-order valence-electron chi connectivity index (χ4n) is 1.08. The van der Waals surface area contributed by atoms with E-state index in [2.05, 4.69) is 5.32 Å². The molecule has 1 atom stereocenters. The zero-order valence-corrected chi connectivity index (χ0v) is 8.49. The summed E-state index contributed by atoms with van der Waals surface area (Å²) in [7, 11) is 0. The predicted octanol–water partition coefficient (Wildman–Crippen LogP) is -0.158. The van der Waals surface area contributed by atoms with Crippen LogP contribution in [0.25, 0.3) is 0 Å². The molecule has 0 radical (unpaired) electrons. The molecule has 0 aromatic carbocycles. The number of carbonyl (C=O) groups is 2. The molecule has 0 bridgehead atoms. The molecular weight excluding hydrogens is 186 g/mol. The number of carboxylic acids is 1. The van der Waals surface area contributed by atoms with Gasteiger partial charge >= 0.3 is 5.97 Å². The van der Waals surface area contributed by atoms with E-state index in [-0.39, 0.29) is 31.4 Å². The monoisotopic (exact) mass is 203 g/mol. The zero-order chi connectivity index (χ0) is 11.1. The Morgan fingerprint density at radius 2 is 1.93 bits per heavy atom. The standard InChI is InChI=1S/C9H17NO4/c1-6(2)7(9(13)14)5-8(12)10-3-4-11/h6-7,11H,3-5H2,1-2H3,(H,10,12)(H,13,14). The third-order valence-corrected chi connectivity index (χ3v) is 1.96. The Balaban J connectivity index is 4.04. The zero-order valence-electron chi connectivity index (χ0n) is 8.49. The number of aliphatic carboxylic acids is 1. The van der Waals surface area contributed by atoms with Crippen LogP contribution in [0.15, 0.2) is 0 Å². The van der Waals surface area contributed by atoms with Gasteiger partial charge in [-0.05, 0) is 5.92 Å². The van der Waals surface area contributed by atoms with Crippen molar-refractivity contribution in [1.82, 2.24) is 5.32 Å². The van der Waals surface area contributed by atoms with Crippen molar-refractivity contribution in [2.45, 2.75) is 20.3 Å². The van der Waals surface area contributed by atoms with Gasteiger partial charge in [0.1, 0.15) is 0 Å². The fraction of sp³-hybridized carbons (Fsp3) is 0.778. The molecule has 14 heavy (non-hydrogen) atoms. The first-order valence-electron chi connectivity index (χ1n) is 4.59. The molecule has 0 aliphatic heterocycles. The van der Waals surface area contributed by atoms with E-state index >= 15 is 0 Å². The molecule has 1 amide bonds. The van der Waals surface area contributed by atoms with Gasteiger partial charge in [0.05, 0.1) is 12.5 Å². The summed E-state index contributed by atoms with van der Waals surface area (Å²) >= 11 is 0. The molecule has 0 aliphatic carbocycles. The molecule has 5 nitrogen and oxygen atoms in total. The molecule has 0 saturated carbocycles. The van der Waals surface area contributed by atoms with Crippen LogP contribution in [0, 0.1) is 11.8 Å². The number of hydrogen-bond acceptors (Lipinski definition) is 3. The van der Waals surface area contributed by atoms with E-state index in [4.69, 9.17) is 10.2 Å². The molecule has 0 aromatic heterocycles. The number of aliphatic hydroxyl groups is 1. The van der Waals surface area contributed by atoms with Gasteiger partial charge in [-0.3, -0.25) is 9.59 Å². The Morgan fingerprint density at radius 1 is 1.36 bits per heavy atom. The topological polar surface area (TPSA) is 86.6 Å². The van der Waals surface area contributed by atoms with Gasteiger partial charge < -0.3 is 15.5 Å². The van der Waals surface area contributed by atoms with Crippen LogP contribution in [0.2, 0.25) is 0 Å². The fourth-order valence-corrected chi connectivity index (χ4v) is 1.08. The summed E-state index contributed by atoms with van der Waals surface area (Å²) < 4.78 is 0. The van der Waals surface area contributed by atoms with Gasteiger partial charge in [-0.15, -0.1) is 0 Å². The van der Waals surface area contributed by atoms with Crippen molar-refractivity contribution in [2.24, 2.45) is 11.8 Å². The molecule has 0 rings (SSSR count). The summed E-state index contributed by atoms with van der Waals surface area (Å²) in [5.74, 6) is -2.03. The first kappa shape index (κ1) is 12.9. The quantitative estimate of drug-likeness (QED) is 0.560. The second-order valence-electron chi connectivity index (χ2n) is 3.47. The van der Waals surface area contributed by atoms with Crippen LogP contribution in [-0.4, -0.2) is 35.2 Å². The van der Waals surface area contributed by atoms with Crippen molar-refractivity contribution < 1.29 is 19.8 Å². The summed E-state index contributed by atoms with van der Waals surface area (Å²) in [6.45, 7) is 3.56. The average Bonchev–Trinajstić information content (AvgIpc) is 2.09. The molecule has 0 aromatic rings. The molecular formula is C9H17NO4. The Morgan fingerprint density at radius 3 is 2.29 bits per heavy atom. The molecule has 5 heteroatoms. The second kappa shape index (κ2) is 6.37. The minimum atomic E-state index is -0.959. The highest BCUT2D eigenvalue weighted by Gasteiger charge is 2.24. The van der Waals surface area contributed by atoms with Gasteiger partial charge in [-0.2, -0.15) is 0 Å². The Labute approximate surface area is 83.1 Å². The molecule has 3 N–H and O–H groups in total. The lowest BCUT2D eigenvalue weighted by Gasteiger charge is -2.15. The Kier molecular flexibility index (Phi) is 5.87. The molecule has 0 heterocycles. The summed E-state index contributed by atoms with van der Waals surface area (Å²) in [4.78, 5) is 21.9. The maximum atomic E-state index is 11.1. The maximum absolute atomic E-state index is 11.1. The van der Waals surface area contributed by atoms with Gasteiger partial charge in [-0.25, -0.2) is 0 Å². The molecule has 0 fully saturated rings. The summed E-state index contributed by atoms with van der Waals surface area (Å²) in [6.07, 6.45) is -0.0347. The van der Waals surface area contributed by atoms with Gasteiger partial charge in [0.2, 0.25) is 5.91 Å². The van der Waals surface area contributed by atoms with Crippen LogP contribution in [0.1, 0.15) is 20.3 Å². The predicted molar refractivity (Wildman–Crippen MR) is 50.7 cm³/mol. The van der Waals surface area contributed by atoms with Crippen LogP contribution in [0.4, 0.5) is 0 Å². The molecule has 1 unspecified atom stereocenters. The molecule has 82 valence electrons. The van der Waals surface area contributed by atoms with Gasteiger partial charge in [0, 0.05) is 13.0 Å². The van der Waals surface area contributed by atoms with E-state index in [9.17, 15) is 9.59 Å². The van der Waals surface area contributed by atoms with Gasteiger partial charge in [0.15, 0.2) is 0 Å². The third-order valence-electron chi connectivity index (χ3n) is 1.96. The minimum Gasteiger partial charge on any atom is -0.481 e. The van der Waals surface area contributed by atoms with E-state index in [1.807, 2.05) is 0 Å². The lowest BCUT2D eigenvalue weighted by atomic mass is 9.92. The van der Waals surface area contributed by atoms with E-state index in [0.29, 0.717) is 0 Å². The summed E-state index contributed by atoms with van der Waals surface area (Å²) in [5, 5.41) is 19.6. The largest absolute Gasteiger partial charge is 0.481 e. The van der Waals surface area contributed by atoms with Crippen LogP contribution in [-0.2, 0) is 9.59 Å². The van der Waals surface area contributed by atoms with E-state index in [1.165, 1.54) is 0 Å². The number of hydrogen-bond donors (Lipinski definition) is 3. The first-order chi connectivity index (χ1) is 6.49. The van der Waals surface area contributed by atoms with Crippen molar-refractivity contribution in [1.29, 1.82) is 0 Å². The first-order valence-corrected chi connectivity index (χ1v) is 4.59. The number of nitrogens with one attached hydrogen (secondary N) is 1. The highest BCUT2D eigenvalue weighted by atomic mass is 16.4. The van der Waals surface area contributed by atoms with Gasteiger partial charge in [-0.1, -0.05) is 13.8 Å². The third kappa shape index (κ3) is 4.81. The molecule has 0 aliphatic rings. The van der Waals surface area contributed by atoms with Crippen LogP contribution < -0.4 is 5.32 Å². The number of carbonyl (C=O) groups excluding carboxylic acids is 1. The Hall–Kier alpha value is -1.10. The Bertz CT molecular complexity index is 203. The van der Waals surface area contributed by atoms with Crippen LogP contribution in [0.3, 0.4) is 0 Å². The van der Waals surface area contributed by atoms with Crippen molar-refractivity contribution in [3.63, 3.8) is 0 Å². The lowest BCUT2D eigenvalue weighted by molar-refractivity contribution is -0.145. The van der Waals surface area contributed by atoms with Gasteiger partial charge in [0.25, 0.3) is 0 Å². The summed E-state index contributed by atoms with van der Waals surface area (Å²) in [5.41, 5.74) is 0. The van der Waals surface area contributed by atoms with Crippen molar-refractivity contribution in [2.75, 3.05) is 13.2 Å². The number of rotatable bonds is 6. The highest BCUT2D eigenvalue weighted by Crippen LogP contribution is 2.14. The number of amides is 1. The number of carboxylic acid groups (broad SMARTS) is 1. The lowest BCUT2D eigenvalue weighted by Crippen LogP contribution is -2.32. The van der Waals surface area contributed by atoms with Crippen molar-refractivity contribution in [3.05, 3.63) is 0 Å². The normalized spacial score (nSPS) is 12.6. The van der Waals surface area contributed by atoms with Crippen LogP contribution in [0.5, 0.6) is 0 Å². The second-order valence-corrected chi connectivity index (χ2v) is 3.47. The highest BCUT2D eigenvalue weighted by molar-refractivity contribution is 5.82. The van der Waals surface area contributed by atoms with E-state index in [0.717, 1.165) is 0 Å². The maximum Gasteiger partial charge on any atom is 0.307 e. The average molecular weight is 203 g/mol. The van der Waals surface area contributed by atoms with Crippen molar-refractivity contribution in [3.8, 4) is 0 Å². The summed E-state index contributed by atoms with van der Waals surface area (Å²) in [6, 6.07) is 0. The number of aliphatic hydroxyl groups excluding tert-OH is 1. The van der Waals surface area contributed by atoms with Crippen molar-refractivity contribution >= 4 is 11.9 Å². The van der Waals surface area contributed by atoms with E-state index < -0.39 is 11.9 Å². The SMILES string of the molecule is CC(C)C(CC(=O)NCCO)C(=O)O. The minimum absolute atomic E-state index is 0.0347.